The Morgan fingerprint density at radius 2 is 2.28 bits per heavy atom. The van der Waals surface area contributed by atoms with Crippen molar-refractivity contribution in [2.75, 3.05) is 5.32 Å². The van der Waals surface area contributed by atoms with Gasteiger partial charge in [-0.3, -0.25) is 0 Å². The molecule has 2 aromatic heterocycles. The summed E-state index contributed by atoms with van der Waals surface area (Å²) in [6.45, 7) is 2.05. The normalized spacial score (nSPS) is 12.4. The lowest BCUT2D eigenvalue weighted by Gasteiger charge is -2.14. The number of nitrogens with zero attached hydrogens (tertiary/aromatic N) is 2. The Morgan fingerprint density at radius 1 is 1.44 bits per heavy atom. The Bertz CT molecular complexity index is 502. The summed E-state index contributed by atoms with van der Waals surface area (Å²) in [4.78, 5) is 7.85. The van der Waals surface area contributed by atoms with Gasteiger partial charge in [0.15, 0.2) is 0 Å². The van der Waals surface area contributed by atoms with E-state index in [-0.39, 0.29) is 11.3 Å². The van der Waals surface area contributed by atoms with Gasteiger partial charge in [0.25, 0.3) is 0 Å². The summed E-state index contributed by atoms with van der Waals surface area (Å²) in [6.07, 6.45) is 4.93. The highest BCUT2D eigenvalue weighted by atomic mass is 35.5. The molecule has 4 nitrogen and oxygen atoms in total. The molecule has 6 heteroatoms. The van der Waals surface area contributed by atoms with Gasteiger partial charge in [-0.05, 0) is 37.1 Å². The Hall–Kier alpha value is -1.26. The zero-order chi connectivity index (χ0) is 13.0. The molecule has 1 unspecified atom stereocenters. The molecule has 0 bridgehead atoms. The minimum Gasteiger partial charge on any atom is -0.469 e. The highest BCUT2D eigenvalue weighted by molar-refractivity contribution is 6.33. The topological polar surface area (TPSA) is 51.0 Å². The number of anilines is 1. The van der Waals surface area contributed by atoms with Crippen LogP contribution in [0.1, 0.15) is 19.1 Å². The number of aromatic nitrogens is 2. The standard InChI is InChI=1S/C12H13Cl2N3O/c1-8(4-5-9-3-2-6-18-9)16-11-10(13)7-15-12(14)17-11/h2-3,6-8H,4-5H2,1H3,(H,15,16,17). The molecule has 0 spiro atoms. The molecule has 96 valence electrons. The molecule has 0 saturated carbocycles. The first-order valence-electron chi connectivity index (χ1n) is 5.62. The second-order valence-electron chi connectivity index (χ2n) is 4.00. The summed E-state index contributed by atoms with van der Waals surface area (Å²) < 4.78 is 5.28. The summed E-state index contributed by atoms with van der Waals surface area (Å²) >= 11 is 11.7. The second-order valence-corrected chi connectivity index (χ2v) is 4.74. The second kappa shape index (κ2) is 6.07. The molecule has 18 heavy (non-hydrogen) atoms. The van der Waals surface area contributed by atoms with Crippen molar-refractivity contribution in [1.82, 2.24) is 9.97 Å². The van der Waals surface area contributed by atoms with Gasteiger partial charge in [0.1, 0.15) is 16.6 Å². The maximum atomic E-state index is 5.98. The van der Waals surface area contributed by atoms with E-state index in [4.69, 9.17) is 27.6 Å². The lowest BCUT2D eigenvalue weighted by molar-refractivity contribution is 0.495. The van der Waals surface area contributed by atoms with E-state index in [1.54, 1.807) is 6.26 Å². The molecule has 0 radical (unpaired) electrons. The number of nitrogens with one attached hydrogen (secondary N) is 1. The third kappa shape index (κ3) is 3.62. The molecule has 0 fully saturated rings. The first-order valence-corrected chi connectivity index (χ1v) is 6.37. The molecule has 2 rings (SSSR count). The van der Waals surface area contributed by atoms with Crippen LogP contribution < -0.4 is 5.32 Å². The van der Waals surface area contributed by atoms with E-state index in [1.807, 2.05) is 12.1 Å². The van der Waals surface area contributed by atoms with Crippen LogP contribution in [0.3, 0.4) is 0 Å². The van der Waals surface area contributed by atoms with Gasteiger partial charge in [-0.25, -0.2) is 4.98 Å². The van der Waals surface area contributed by atoms with Gasteiger partial charge in [-0.2, -0.15) is 4.98 Å². The number of furan rings is 1. The molecule has 2 aromatic rings. The van der Waals surface area contributed by atoms with Crippen LogP contribution in [-0.4, -0.2) is 16.0 Å². The van der Waals surface area contributed by atoms with E-state index in [0.29, 0.717) is 10.8 Å². The summed E-state index contributed by atoms with van der Waals surface area (Å²) in [6, 6.07) is 4.05. The summed E-state index contributed by atoms with van der Waals surface area (Å²) in [5.41, 5.74) is 0. The zero-order valence-corrected chi connectivity index (χ0v) is 11.4. The van der Waals surface area contributed by atoms with Crippen molar-refractivity contribution in [2.45, 2.75) is 25.8 Å². The smallest absolute Gasteiger partial charge is 0.224 e. The third-order valence-electron chi connectivity index (χ3n) is 2.50. The Labute approximate surface area is 115 Å². The molecule has 0 aromatic carbocycles. The highest BCUT2D eigenvalue weighted by Gasteiger charge is 2.09. The Kier molecular flexibility index (Phi) is 4.44. The molecule has 0 saturated heterocycles. The van der Waals surface area contributed by atoms with Gasteiger partial charge in [-0.15, -0.1) is 0 Å². The number of halogens is 2. The van der Waals surface area contributed by atoms with Crippen LogP contribution in [0.4, 0.5) is 5.82 Å². The van der Waals surface area contributed by atoms with Crippen molar-refractivity contribution in [3.63, 3.8) is 0 Å². The molecule has 1 N–H and O–H groups in total. The summed E-state index contributed by atoms with van der Waals surface area (Å²) in [7, 11) is 0. The molecule has 0 aliphatic carbocycles. The molecule has 1 atom stereocenters. The molecular weight excluding hydrogens is 273 g/mol. The van der Waals surface area contributed by atoms with Crippen LogP contribution >= 0.6 is 23.2 Å². The SMILES string of the molecule is CC(CCc1ccco1)Nc1nc(Cl)ncc1Cl. The Balaban J connectivity index is 1.90. The first kappa shape index (κ1) is 13.2. The largest absolute Gasteiger partial charge is 0.469 e. The van der Waals surface area contributed by atoms with Crippen molar-refractivity contribution in [3.05, 3.63) is 40.7 Å². The maximum absolute atomic E-state index is 5.98. The molecule has 0 aliphatic heterocycles. The fourth-order valence-corrected chi connectivity index (χ4v) is 1.84. The summed E-state index contributed by atoms with van der Waals surface area (Å²) in [5, 5.41) is 3.85. The van der Waals surface area contributed by atoms with Gasteiger partial charge in [0.05, 0.1) is 12.5 Å². The van der Waals surface area contributed by atoms with Crippen molar-refractivity contribution >= 4 is 29.0 Å². The monoisotopic (exact) mass is 285 g/mol. The predicted octanol–water partition coefficient (Wildman–Crippen LogP) is 3.81. The summed E-state index contributed by atoms with van der Waals surface area (Å²) in [5.74, 6) is 1.53. The minimum absolute atomic E-state index is 0.181. The van der Waals surface area contributed by atoms with E-state index in [2.05, 4.69) is 22.2 Å². The van der Waals surface area contributed by atoms with Crippen molar-refractivity contribution in [3.8, 4) is 0 Å². The van der Waals surface area contributed by atoms with E-state index < -0.39 is 0 Å². The third-order valence-corrected chi connectivity index (χ3v) is 2.96. The van der Waals surface area contributed by atoms with Gasteiger partial charge in [0.2, 0.25) is 5.28 Å². The lowest BCUT2D eigenvalue weighted by Crippen LogP contribution is -2.17. The fraction of sp³-hybridized carbons (Fsp3) is 0.333. The van der Waals surface area contributed by atoms with Gasteiger partial charge in [0, 0.05) is 12.5 Å². The van der Waals surface area contributed by atoms with Crippen molar-refractivity contribution < 1.29 is 4.42 Å². The highest BCUT2D eigenvalue weighted by Crippen LogP contribution is 2.21. The number of hydrogen-bond acceptors (Lipinski definition) is 4. The number of rotatable bonds is 5. The number of hydrogen-bond donors (Lipinski definition) is 1. The van der Waals surface area contributed by atoms with E-state index in [0.717, 1.165) is 18.6 Å². The van der Waals surface area contributed by atoms with Crippen LogP contribution in [-0.2, 0) is 6.42 Å². The average molecular weight is 286 g/mol. The minimum atomic E-state index is 0.181. The average Bonchev–Trinajstić information content (AvgIpc) is 2.84. The van der Waals surface area contributed by atoms with Crippen LogP contribution in [0.5, 0.6) is 0 Å². The van der Waals surface area contributed by atoms with Crippen LogP contribution in [0.2, 0.25) is 10.3 Å². The van der Waals surface area contributed by atoms with E-state index >= 15 is 0 Å². The van der Waals surface area contributed by atoms with Crippen LogP contribution in [0.25, 0.3) is 0 Å². The van der Waals surface area contributed by atoms with Gasteiger partial charge in [-0.1, -0.05) is 11.6 Å². The zero-order valence-electron chi connectivity index (χ0n) is 9.86. The fourth-order valence-electron chi connectivity index (χ4n) is 1.57. The maximum Gasteiger partial charge on any atom is 0.224 e. The number of aryl methyl sites for hydroxylation is 1. The molecular formula is C12H13Cl2N3O. The molecule has 2 heterocycles. The first-order chi connectivity index (χ1) is 8.65. The van der Waals surface area contributed by atoms with Crippen LogP contribution in [0.15, 0.2) is 29.0 Å². The predicted molar refractivity (Wildman–Crippen MR) is 72.2 cm³/mol. The van der Waals surface area contributed by atoms with Crippen molar-refractivity contribution in [2.24, 2.45) is 0 Å². The van der Waals surface area contributed by atoms with Crippen molar-refractivity contribution in [1.29, 1.82) is 0 Å². The van der Waals surface area contributed by atoms with E-state index in [9.17, 15) is 0 Å². The molecule has 0 aliphatic rings. The van der Waals surface area contributed by atoms with Crippen LogP contribution in [0, 0.1) is 0 Å². The van der Waals surface area contributed by atoms with Gasteiger partial charge >= 0.3 is 0 Å². The Morgan fingerprint density at radius 3 is 3.00 bits per heavy atom. The lowest BCUT2D eigenvalue weighted by atomic mass is 10.1. The van der Waals surface area contributed by atoms with E-state index in [1.165, 1.54) is 6.20 Å². The van der Waals surface area contributed by atoms with Gasteiger partial charge < -0.3 is 9.73 Å². The molecule has 0 amide bonds. The quantitative estimate of drug-likeness (QED) is 0.849.